The van der Waals surface area contributed by atoms with E-state index in [1.54, 1.807) is 0 Å². The zero-order valence-corrected chi connectivity index (χ0v) is 14.1. The van der Waals surface area contributed by atoms with Gasteiger partial charge in [0, 0.05) is 27.1 Å². The summed E-state index contributed by atoms with van der Waals surface area (Å²) in [6.07, 6.45) is 1.05. The first-order valence-corrected chi connectivity index (χ1v) is 8.23. The summed E-state index contributed by atoms with van der Waals surface area (Å²) in [4.78, 5) is 0. The second-order valence-corrected chi connectivity index (χ2v) is 6.65. The smallest absolute Gasteiger partial charge is 0.122 e. The first-order valence-electron chi connectivity index (χ1n) is 6.64. The molecule has 2 nitrogen and oxygen atoms in total. The van der Waals surface area contributed by atoms with Gasteiger partial charge in [0.2, 0.25) is 0 Å². The molecular formula is C16H15Br2NO. The van der Waals surface area contributed by atoms with Crippen LogP contribution in [0.3, 0.4) is 0 Å². The molecule has 3 rings (SSSR count). The second-order valence-electron chi connectivity index (χ2n) is 4.88. The highest BCUT2D eigenvalue weighted by atomic mass is 79.9. The molecule has 1 aliphatic heterocycles. The number of fused-ring (bicyclic) bond motifs is 1. The Morgan fingerprint density at radius 3 is 2.85 bits per heavy atom. The van der Waals surface area contributed by atoms with Crippen LogP contribution in [-0.2, 0) is 0 Å². The van der Waals surface area contributed by atoms with Crippen LogP contribution >= 0.6 is 31.9 Å². The van der Waals surface area contributed by atoms with Crippen LogP contribution in [0.4, 0.5) is 5.69 Å². The standard InChI is InChI=1S/C16H15Br2NO/c17-12-5-6-15(14(18)9-12)19-10-11-7-8-20-16-4-2-1-3-13(11)16/h1-6,9,11,19H,7-8,10H2. The third-order valence-electron chi connectivity index (χ3n) is 3.55. The summed E-state index contributed by atoms with van der Waals surface area (Å²) in [5, 5.41) is 3.53. The van der Waals surface area contributed by atoms with Crippen molar-refractivity contribution < 1.29 is 4.74 Å². The monoisotopic (exact) mass is 395 g/mol. The average molecular weight is 397 g/mol. The first kappa shape index (κ1) is 14.0. The van der Waals surface area contributed by atoms with Gasteiger partial charge in [-0.15, -0.1) is 0 Å². The number of benzene rings is 2. The van der Waals surface area contributed by atoms with Gasteiger partial charge in [-0.3, -0.25) is 0 Å². The largest absolute Gasteiger partial charge is 0.493 e. The van der Waals surface area contributed by atoms with Crippen molar-refractivity contribution in [1.29, 1.82) is 0 Å². The minimum atomic E-state index is 0.496. The highest BCUT2D eigenvalue weighted by Crippen LogP contribution is 2.34. The van der Waals surface area contributed by atoms with Gasteiger partial charge < -0.3 is 10.1 Å². The quantitative estimate of drug-likeness (QED) is 0.770. The van der Waals surface area contributed by atoms with Crippen molar-refractivity contribution in [2.45, 2.75) is 12.3 Å². The molecule has 1 heterocycles. The van der Waals surface area contributed by atoms with Crippen LogP contribution in [0, 0.1) is 0 Å². The summed E-state index contributed by atoms with van der Waals surface area (Å²) in [5.41, 5.74) is 2.43. The highest BCUT2D eigenvalue weighted by molar-refractivity contribution is 9.11. The van der Waals surface area contributed by atoms with Crippen LogP contribution in [0.25, 0.3) is 0 Å². The lowest BCUT2D eigenvalue weighted by Gasteiger charge is -2.26. The molecule has 0 aliphatic carbocycles. The summed E-state index contributed by atoms with van der Waals surface area (Å²) in [6.45, 7) is 1.71. The predicted molar refractivity (Wildman–Crippen MR) is 89.6 cm³/mol. The van der Waals surface area contributed by atoms with Crippen LogP contribution in [-0.4, -0.2) is 13.2 Å². The maximum Gasteiger partial charge on any atom is 0.122 e. The van der Waals surface area contributed by atoms with E-state index in [9.17, 15) is 0 Å². The van der Waals surface area contributed by atoms with E-state index < -0.39 is 0 Å². The van der Waals surface area contributed by atoms with Crippen LogP contribution in [0.5, 0.6) is 5.75 Å². The zero-order valence-electron chi connectivity index (χ0n) is 10.9. The molecule has 0 spiro atoms. The van der Waals surface area contributed by atoms with Crippen LogP contribution in [0.15, 0.2) is 51.4 Å². The number of rotatable bonds is 3. The molecule has 0 aromatic heterocycles. The number of nitrogens with one attached hydrogen (secondary N) is 1. The molecule has 1 aliphatic rings. The maximum atomic E-state index is 5.70. The lowest BCUT2D eigenvalue weighted by molar-refractivity contribution is 0.270. The van der Waals surface area contributed by atoms with Crippen LogP contribution < -0.4 is 10.1 Å². The van der Waals surface area contributed by atoms with E-state index >= 15 is 0 Å². The SMILES string of the molecule is Brc1ccc(NCC2CCOc3ccccc32)c(Br)c1. The van der Waals surface area contributed by atoms with Crippen molar-refractivity contribution >= 4 is 37.5 Å². The molecule has 1 N–H and O–H groups in total. The molecule has 0 radical (unpaired) electrons. The van der Waals surface area contributed by atoms with E-state index in [-0.39, 0.29) is 0 Å². The van der Waals surface area contributed by atoms with Gasteiger partial charge in [0.1, 0.15) is 5.75 Å². The van der Waals surface area contributed by atoms with E-state index in [0.717, 1.165) is 40.0 Å². The lowest BCUT2D eigenvalue weighted by atomic mass is 9.93. The number of hydrogen-bond donors (Lipinski definition) is 1. The van der Waals surface area contributed by atoms with Gasteiger partial charge in [-0.05, 0) is 52.2 Å². The molecule has 1 unspecified atom stereocenters. The van der Waals surface area contributed by atoms with Crippen molar-refractivity contribution in [3.63, 3.8) is 0 Å². The molecule has 0 amide bonds. The molecule has 1 atom stereocenters. The molecule has 0 saturated carbocycles. The molecule has 0 fully saturated rings. The van der Waals surface area contributed by atoms with Gasteiger partial charge in [0.25, 0.3) is 0 Å². The number of ether oxygens (including phenoxy) is 1. The minimum Gasteiger partial charge on any atom is -0.493 e. The number of anilines is 1. The Hall–Kier alpha value is -1.00. The molecule has 104 valence electrons. The summed E-state index contributed by atoms with van der Waals surface area (Å²) >= 11 is 7.06. The fourth-order valence-corrected chi connectivity index (χ4v) is 3.68. The fourth-order valence-electron chi connectivity index (χ4n) is 2.49. The van der Waals surface area contributed by atoms with Crippen LogP contribution in [0.2, 0.25) is 0 Å². The summed E-state index contributed by atoms with van der Waals surface area (Å²) < 4.78 is 7.85. The number of halogens is 2. The van der Waals surface area contributed by atoms with Crippen molar-refractivity contribution in [1.82, 2.24) is 0 Å². The molecule has 2 aromatic carbocycles. The van der Waals surface area contributed by atoms with Crippen molar-refractivity contribution in [3.05, 3.63) is 57.0 Å². The van der Waals surface area contributed by atoms with Gasteiger partial charge >= 0.3 is 0 Å². The van der Waals surface area contributed by atoms with Crippen molar-refractivity contribution in [2.75, 3.05) is 18.5 Å². The van der Waals surface area contributed by atoms with Crippen LogP contribution in [0.1, 0.15) is 17.9 Å². The van der Waals surface area contributed by atoms with E-state index in [4.69, 9.17) is 4.74 Å². The number of para-hydroxylation sites is 1. The summed E-state index contributed by atoms with van der Waals surface area (Å²) in [7, 11) is 0. The minimum absolute atomic E-state index is 0.496. The average Bonchev–Trinajstić information content (AvgIpc) is 2.46. The van der Waals surface area contributed by atoms with Gasteiger partial charge in [0.05, 0.1) is 6.61 Å². The predicted octanol–water partition coefficient (Wildman–Crippen LogP) is 5.19. The van der Waals surface area contributed by atoms with E-state index in [0.29, 0.717) is 5.92 Å². The number of hydrogen-bond acceptors (Lipinski definition) is 2. The van der Waals surface area contributed by atoms with E-state index in [1.807, 2.05) is 12.1 Å². The highest BCUT2D eigenvalue weighted by Gasteiger charge is 2.20. The third-order valence-corrected chi connectivity index (χ3v) is 4.70. The van der Waals surface area contributed by atoms with Gasteiger partial charge in [0.15, 0.2) is 0 Å². The van der Waals surface area contributed by atoms with E-state index in [1.165, 1.54) is 5.56 Å². The lowest BCUT2D eigenvalue weighted by Crippen LogP contribution is -2.20. The molecule has 0 bridgehead atoms. The second kappa shape index (κ2) is 6.19. The molecule has 4 heteroatoms. The Morgan fingerprint density at radius 2 is 2.00 bits per heavy atom. The summed E-state index contributed by atoms with van der Waals surface area (Å²) in [5.74, 6) is 1.52. The third kappa shape index (κ3) is 3.01. The Labute approximate surface area is 135 Å². The van der Waals surface area contributed by atoms with E-state index in [2.05, 4.69) is 67.5 Å². The Bertz CT molecular complexity index is 615. The molecular weight excluding hydrogens is 382 g/mol. The van der Waals surface area contributed by atoms with Gasteiger partial charge in [-0.25, -0.2) is 0 Å². The molecule has 20 heavy (non-hydrogen) atoms. The van der Waals surface area contributed by atoms with Crippen molar-refractivity contribution in [2.24, 2.45) is 0 Å². The summed E-state index contributed by atoms with van der Waals surface area (Å²) in [6, 6.07) is 14.5. The first-order chi connectivity index (χ1) is 9.74. The molecule has 2 aromatic rings. The zero-order chi connectivity index (χ0) is 13.9. The molecule has 0 saturated heterocycles. The van der Waals surface area contributed by atoms with Gasteiger partial charge in [-0.1, -0.05) is 34.1 Å². The normalized spacial score (nSPS) is 17.2. The topological polar surface area (TPSA) is 21.3 Å². The Kier molecular flexibility index (Phi) is 4.32. The Morgan fingerprint density at radius 1 is 1.15 bits per heavy atom. The fraction of sp³-hybridized carbons (Fsp3) is 0.250. The Balaban J connectivity index is 1.73. The maximum absolute atomic E-state index is 5.70. The van der Waals surface area contributed by atoms with Crippen molar-refractivity contribution in [3.8, 4) is 5.75 Å². The van der Waals surface area contributed by atoms with Gasteiger partial charge in [-0.2, -0.15) is 0 Å².